The van der Waals surface area contributed by atoms with Gasteiger partial charge in [-0.3, -0.25) is 4.79 Å². The molecule has 0 aromatic heterocycles. The number of nitrogens with one attached hydrogen (secondary N) is 1. The van der Waals surface area contributed by atoms with E-state index in [9.17, 15) is 4.79 Å². The highest BCUT2D eigenvalue weighted by atomic mass is 16.5. The summed E-state index contributed by atoms with van der Waals surface area (Å²) in [4.78, 5) is 10.9. The van der Waals surface area contributed by atoms with E-state index in [1.165, 1.54) is 0 Å². The molecule has 0 fully saturated rings. The summed E-state index contributed by atoms with van der Waals surface area (Å²) in [6.45, 7) is 9.06. The van der Waals surface area contributed by atoms with Crippen LogP contribution in [0.25, 0.3) is 0 Å². The maximum absolute atomic E-state index is 10.9. The van der Waals surface area contributed by atoms with E-state index in [2.05, 4.69) is 11.9 Å². The van der Waals surface area contributed by atoms with E-state index >= 15 is 0 Å². The molecule has 0 unspecified atom stereocenters. The van der Waals surface area contributed by atoms with E-state index in [4.69, 9.17) is 4.74 Å². The van der Waals surface area contributed by atoms with Crippen LogP contribution in [-0.2, 0) is 9.53 Å². The Morgan fingerprint density at radius 3 is 2.18 bits per heavy atom. The minimum absolute atomic E-state index is 0.153. The molecule has 3 nitrogen and oxygen atoms in total. The SMILES string of the molecule is C=C(OC(C)(C)C)C(=O)NC. The Hall–Kier alpha value is -0.990. The van der Waals surface area contributed by atoms with Crippen LogP contribution in [0.5, 0.6) is 0 Å². The largest absolute Gasteiger partial charge is 0.483 e. The molecule has 1 N–H and O–H groups in total. The third-order valence-electron chi connectivity index (χ3n) is 0.910. The highest BCUT2D eigenvalue weighted by molar-refractivity contribution is 5.90. The first-order valence-electron chi connectivity index (χ1n) is 3.47. The van der Waals surface area contributed by atoms with Crippen molar-refractivity contribution < 1.29 is 9.53 Å². The van der Waals surface area contributed by atoms with Crippen LogP contribution >= 0.6 is 0 Å². The standard InChI is InChI=1S/C8H15NO2/c1-6(7(10)9-5)11-8(2,3)4/h1H2,2-5H3,(H,9,10). The lowest BCUT2D eigenvalue weighted by Crippen LogP contribution is -2.27. The summed E-state index contributed by atoms with van der Waals surface area (Å²) in [5.41, 5.74) is -0.358. The van der Waals surface area contributed by atoms with Gasteiger partial charge in [-0.1, -0.05) is 6.58 Å². The van der Waals surface area contributed by atoms with Crippen LogP contribution in [0.15, 0.2) is 12.3 Å². The van der Waals surface area contributed by atoms with Gasteiger partial charge >= 0.3 is 0 Å². The second kappa shape index (κ2) is 3.42. The molecule has 64 valence electrons. The van der Waals surface area contributed by atoms with E-state index < -0.39 is 0 Å². The smallest absolute Gasteiger partial charge is 0.285 e. The van der Waals surface area contributed by atoms with Crippen molar-refractivity contribution >= 4 is 5.91 Å². The number of rotatable bonds is 2. The average molecular weight is 157 g/mol. The van der Waals surface area contributed by atoms with Crippen LogP contribution in [0.3, 0.4) is 0 Å². The van der Waals surface area contributed by atoms with E-state index in [-0.39, 0.29) is 17.3 Å². The first-order chi connectivity index (χ1) is 4.87. The Morgan fingerprint density at radius 2 is 1.91 bits per heavy atom. The normalized spacial score (nSPS) is 10.5. The number of carbonyl (C=O) groups excluding carboxylic acids is 1. The van der Waals surface area contributed by atoms with Gasteiger partial charge in [-0.15, -0.1) is 0 Å². The van der Waals surface area contributed by atoms with Crippen LogP contribution in [0.1, 0.15) is 20.8 Å². The predicted octanol–water partition coefficient (Wildman–Crippen LogP) is 1.06. The molecular formula is C8H15NO2. The molecular weight excluding hydrogens is 142 g/mol. The van der Waals surface area contributed by atoms with Crippen molar-refractivity contribution in [2.75, 3.05) is 7.05 Å². The number of carbonyl (C=O) groups is 1. The second-order valence-electron chi connectivity index (χ2n) is 3.22. The molecule has 0 aliphatic carbocycles. The Kier molecular flexibility index (Phi) is 3.11. The lowest BCUT2D eigenvalue weighted by molar-refractivity contribution is -0.122. The number of ether oxygens (including phenoxy) is 1. The summed E-state index contributed by atoms with van der Waals surface area (Å²) in [6, 6.07) is 0. The van der Waals surface area contributed by atoms with Gasteiger partial charge in [0.1, 0.15) is 5.60 Å². The minimum atomic E-state index is -0.358. The zero-order valence-corrected chi connectivity index (χ0v) is 7.52. The van der Waals surface area contributed by atoms with Gasteiger partial charge < -0.3 is 10.1 Å². The third kappa shape index (κ3) is 4.42. The monoisotopic (exact) mass is 157 g/mol. The maximum atomic E-state index is 10.9. The molecule has 0 atom stereocenters. The lowest BCUT2D eigenvalue weighted by atomic mass is 10.2. The maximum Gasteiger partial charge on any atom is 0.285 e. The van der Waals surface area contributed by atoms with E-state index in [0.29, 0.717) is 0 Å². The Bertz CT molecular complexity index is 167. The van der Waals surface area contributed by atoms with Crippen molar-refractivity contribution in [3.8, 4) is 0 Å². The number of likely N-dealkylation sites (N-methyl/N-ethyl adjacent to an activating group) is 1. The summed E-state index contributed by atoms with van der Waals surface area (Å²) in [7, 11) is 1.54. The fourth-order valence-corrected chi connectivity index (χ4v) is 0.555. The molecule has 0 bridgehead atoms. The summed E-state index contributed by atoms with van der Waals surface area (Å²) in [5.74, 6) is -0.125. The topological polar surface area (TPSA) is 38.3 Å². The Labute approximate surface area is 67.4 Å². The van der Waals surface area contributed by atoms with E-state index in [1.807, 2.05) is 20.8 Å². The van der Waals surface area contributed by atoms with Crippen molar-refractivity contribution in [1.82, 2.24) is 5.32 Å². The molecule has 0 aromatic carbocycles. The molecule has 11 heavy (non-hydrogen) atoms. The van der Waals surface area contributed by atoms with Gasteiger partial charge in [0.05, 0.1) is 0 Å². The van der Waals surface area contributed by atoms with Crippen LogP contribution < -0.4 is 5.32 Å². The van der Waals surface area contributed by atoms with Gasteiger partial charge in [0, 0.05) is 7.05 Å². The van der Waals surface area contributed by atoms with Crippen LogP contribution in [0, 0.1) is 0 Å². The predicted molar refractivity (Wildman–Crippen MR) is 44.0 cm³/mol. The fourth-order valence-electron chi connectivity index (χ4n) is 0.555. The zero-order valence-electron chi connectivity index (χ0n) is 7.52. The number of amides is 1. The highest BCUT2D eigenvalue weighted by Gasteiger charge is 2.15. The van der Waals surface area contributed by atoms with Crippen molar-refractivity contribution in [3.05, 3.63) is 12.3 Å². The summed E-state index contributed by atoms with van der Waals surface area (Å²) in [6.07, 6.45) is 0. The van der Waals surface area contributed by atoms with Crippen molar-refractivity contribution in [3.63, 3.8) is 0 Å². The highest BCUT2D eigenvalue weighted by Crippen LogP contribution is 2.11. The molecule has 0 aromatic rings. The first-order valence-corrected chi connectivity index (χ1v) is 3.47. The fraction of sp³-hybridized carbons (Fsp3) is 0.625. The van der Waals surface area contributed by atoms with Gasteiger partial charge in [0.25, 0.3) is 5.91 Å². The van der Waals surface area contributed by atoms with Gasteiger partial charge in [-0.25, -0.2) is 0 Å². The van der Waals surface area contributed by atoms with E-state index in [0.717, 1.165) is 0 Å². The van der Waals surface area contributed by atoms with Crippen LogP contribution in [0.4, 0.5) is 0 Å². The van der Waals surface area contributed by atoms with Gasteiger partial charge in [0.15, 0.2) is 5.76 Å². The van der Waals surface area contributed by atoms with Gasteiger partial charge in [0.2, 0.25) is 0 Å². The lowest BCUT2D eigenvalue weighted by Gasteiger charge is -2.21. The summed E-state index contributed by atoms with van der Waals surface area (Å²) in [5, 5.41) is 2.42. The molecule has 0 aliphatic heterocycles. The Balaban J connectivity index is 3.99. The average Bonchev–Trinajstić information content (AvgIpc) is 1.82. The molecule has 0 heterocycles. The number of hydrogen-bond donors (Lipinski definition) is 1. The van der Waals surface area contributed by atoms with E-state index in [1.54, 1.807) is 7.05 Å². The summed E-state index contributed by atoms with van der Waals surface area (Å²) >= 11 is 0. The first kappa shape index (κ1) is 10.0. The van der Waals surface area contributed by atoms with Crippen LogP contribution in [-0.4, -0.2) is 18.6 Å². The zero-order chi connectivity index (χ0) is 9.07. The quantitative estimate of drug-likeness (QED) is 0.481. The summed E-state index contributed by atoms with van der Waals surface area (Å²) < 4.78 is 5.18. The Morgan fingerprint density at radius 1 is 1.45 bits per heavy atom. The van der Waals surface area contributed by atoms with Crippen molar-refractivity contribution in [2.24, 2.45) is 0 Å². The number of hydrogen-bond acceptors (Lipinski definition) is 2. The van der Waals surface area contributed by atoms with Gasteiger partial charge in [-0.05, 0) is 20.8 Å². The minimum Gasteiger partial charge on any atom is -0.483 e. The van der Waals surface area contributed by atoms with Crippen molar-refractivity contribution in [1.29, 1.82) is 0 Å². The molecule has 3 heteroatoms. The van der Waals surface area contributed by atoms with Gasteiger partial charge in [-0.2, -0.15) is 0 Å². The molecule has 0 radical (unpaired) electrons. The van der Waals surface area contributed by atoms with Crippen LogP contribution in [0.2, 0.25) is 0 Å². The molecule has 0 aliphatic rings. The molecule has 0 saturated carbocycles. The molecule has 0 saturated heterocycles. The molecule has 0 rings (SSSR count). The molecule has 1 amide bonds. The third-order valence-corrected chi connectivity index (χ3v) is 0.910. The second-order valence-corrected chi connectivity index (χ2v) is 3.22. The molecule has 0 spiro atoms. The van der Waals surface area contributed by atoms with Crippen molar-refractivity contribution in [2.45, 2.75) is 26.4 Å².